The number of carbonyl (C=O) groups excluding carboxylic acids is 1. The van der Waals surface area contributed by atoms with Gasteiger partial charge in [0.1, 0.15) is 0 Å². The van der Waals surface area contributed by atoms with E-state index in [9.17, 15) is 4.79 Å². The summed E-state index contributed by atoms with van der Waals surface area (Å²) in [4.78, 5) is 11.9. The Morgan fingerprint density at radius 3 is 2.35 bits per heavy atom. The molecule has 1 fully saturated rings. The average molecular weight is 354 g/mol. The fraction of sp³-hybridized carbons (Fsp3) is 0.409. The largest absolute Gasteiger partial charge is 0.466 e. The first-order chi connectivity index (χ1) is 12.7. The summed E-state index contributed by atoms with van der Waals surface area (Å²) >= 11 is 0. The van der Waals surface area contributed by atoms with Crippen molar-refractivity contribution in [3.8, 4) is 0 Å². The Kier molecular flexibility index (Phi) is 6.81. The Morgan fingerprint density at radius 1 is 1.00 bits per heavy atom. The second kappa shape index (κ2) is 9.51. The Hall–Kier alpha value is -2.17. The van der Waals surface area contributed by atoms with Crippen molar-refractivity contribution in [3.05, 3.63) is 71.8 Å². The highest BCUT2D eigenvalue weighted by atomic mass is 16.7. The van der Waals surface area contributed by atoms with E-state index in [2.05, 4.69) is 24.3 Å². The summed E-state index contributed by atoms with van der Waals surface area (Å²) in [5.41, 5.74) is 2.27. The van der Waals surface area contributed by atoms with E-state index in [1.54, 1.807) is 0 Å². The monoisotopic (exact) mass is 354 g/mol. The summed E-state index contributed by atoms with van der Waals surface area (Å²) in [5.74, 6) is -0.215. The molecule has 0 N–H and O–H groups in total. The standard InChI is InChI=1S/C22H26O4/c1-2-24-21(23)16-20-15-19(14-13-17-9-5-3-6-10-17)25-22(26-20)18-11-7-4-8-12-18/h3-12,19-20,22H,2,13-16H2,1H3/t19-,20-,22?/m1/s1. The van der Waals surface area contributed by atoms with Crippen molar-refractivity contribution in [1.29, 1.82) is 0 Å². The van der Waals surface area contributed by atoms with Gasteiger partial charge in [-0.2, -0.15) is 0 Å². The molecule has 0 aromatic heterocycles. The van der Waals surface area contributed by atoms with E-state index >= 15 is 0 Å². The van der Waals surface area contributed by atoms with E-state index < -0.39 is 6.29 Å². The Labute approximate surface area is 155 Å². The summed E-state index contributed by atoms with van der Waals surface area (Å²) in [7, 11) is 0. The van der Waals surface area contributed by atoms with Crippen LogP contribution in [0.1, 0.15) is 43.6 Å². The minimum Gasteiger partial charge on any atom is -0.466 e. The minimum absolute atomic E-state index is 0.0496. The summed E-state index contributed by atoms with van der Waals surface area (Å²) < 4.78 is 17.3. The second-order valence-electron chi connectivity index (χ2n) is 6.53. The molecule has 3 rings (SSSR count). The molecule has 4 heteroatoms. The van der Waals surface area contributed by atoms with Gasteiger partial charge in [-0.3, -0.25) is 4.79 Å². The molecule has 1 unspecified atom stereocenters. The van der Waals surface area contributed by atoms with Crippen LogP contribution in [0.25, 0.3) is 0 Å². The number of rotatable bonds is 7. The van der Waals surface area contributed by atoms with Crippen molar-refractivity contribution in [2.24, 2.45) is 0 Å². The third-order valence-corrected chi connectivity index (χ3v) is 4.53. The maximum absolute atomic E-state index is 11.9. The van der Waals surface area contributed by atoms with Gasteiger partial charge in [0.05, 0.1) is 25.2 Å². The van der Waals surface area contributed by atoms with Crippen LogP contribution in [0.4, 0.5) is 0 Å². The molecule has 0 saturated carbocycles. The lowest BCUT2D eigenvalue weighted by Crippen LogP contribution is -2.35. The lowest BCUT2D eigenvalue weighted by atomic mass is 9.99. The highest BCUT2D eigenvalue weighted by molar-refractivity contribution is 5.69. The summed E-state index contributed by atoms with van der Waals surface area (Å²) in [6.07, 6.45) is 2.24. The molecule has 0 amide bonds. The molecule has 0 radical (unpaired) electrons. The maximum atomic E-state index is 11.9. The van der Waals surface area contributed by atoms with Gasteiger partial charge in [0.2, 0.25) is 0 Å². The molecule has 2 aromatic rings. The molecule has 1 saturated heterocycles. The number of hydrogen-bond donors (Lipinski definition) is 0. The highest BCUT2D eigenvalue weighted by Crippen LogP contribution is 2.33. The molecule has 0 spiro atoms. The second-order valence-corrected chi connectivity index (χ2v) is 6.53. The molecule has 1 aliphatic heterocycles. The highest BCUT2D eigenvalue weighted by Gasteiger charge is 2.32. The topological polar surface area (TPSA) is 44.8 Å². The molecule has 2 aromatic carbocycles. The van der Waals surface area contributed by atoms with Crippen LogP contribution in [0.2, 0.25) is 0 Å². The van der Waals surface area contributed by atoms with Crippen LogP contribution >= 0.6 is 0 Å². The number of aryl methyl sites for hydroxylation is 1. The predicted molar refractivity (Wildman–Crippen MR) is 99.6 cm³/mol. The molecular weight excluding hydrogens is 328 g/mol. The zero-order valence-electron chi connectivity index (χ0n) is 15.2. The van der Waals surface area contributed by atoms with E-state index in [1.807, 2.05) is 43.3 Å². The van der Waals surface area contributed by atoms with Gasteiger partial charge >= 0.3 is 5.97 Å². The number of esters is 1. The predicted octanol–water partition coefficient (Wildman–Crippen LogP) is 4.45. The van der Waals surface area contributed by atoms with Crippen molar-refractivity contribution in [1.82, 2.24) is 0 Å². The fourth-order valence-electron chi connectivity index (χ4n) is 3.25. The first kappa shape index (κ1) is 18.6. The molecule has 4 nitrogen and oxygen atoms in total. The van der Waals surface area contributed by atoms with Gasteiger partial charge in [0, 0.05) is 12.0 Å². The van der Waals surface area contributed by atoms with Crippen molar-refractivity contribution in [3.63, 3.8) is 0 Å². The van der Waals surface area contributed by atoms with Gasteiger partial charge in [-0.15, -0.1) is 0 Å². The van der Waals surface area contributed by atoms with Crippen molar-refractivity contribution < 1.29 is 19.0 Å². The van der Waals surface area contributed by atoms with E-state index in [1.165, 1.54) is 5.56 Å². The van der Waals surface area contributed by atoms with Crippen LogP contribution < -0.4 is 0 Å². The van der Waals surface area contributed by atoms with Crippen LogP contribution in [0.15, 0.2) is 60.7 Å². The van der Waals surface area contributed by atoms with Gasteiger partial charge in [-0.1, -0.05) is 60.7 Å². The zero-order valence-corrected chi connectivity index (χ0v) is 15.2. The Morgan fingerprint density at radius 2 is 1.65 bits per heavy atom. The van der Waals surface area contributed by atoms with E-state index in [-0.39, 0.29) is 24.6 Å². The van der Waals surface area contributed by atoms with Gasteiger partial charge in [-0.25, -0.2) is 0 Å². The number of hydrogen-bond acceptors (Lipinski definition) is 4. The lowest BCUT2D eigenvalue weighted by Gasteiger charge is -2.35. The van der Waals surface area contributed by atoms with Crippen LogP contribution in [0.3, 0.4) is 0 Å². The minimum atomic E-state index is -0.440. The molecule has 26 heavy (non-hydrogen) atoms. The van der Waals surface area contributed by atoms with Crippen molar-refractivity contribution in [2.45, 2.75) is 51.1 Å². The number of carbonyl (C=O) groups is 1. The van der Waals surface area contributed by atoms with Crippen LogP contribution in [-0.4, -0.2) is 24.8 Å². The fourth-order valence-corrected chi connectivity index (χ4v) is 3.25. The quantitative estimate of drug-likeness (QED) is 0.689. The summed E-state index contributed by atoms with van der Waals surface area (Å²) in [6.45, 7) is 2.21. The van der Waals surface area contributed by atoms with E-state index in [0.29, 0.717) is 13.0 Å². The molecule has 1 heterocycles. The maximum Gasteiger partial charge on any atom is 0.308 e. The van der Waals surface area contributed by atoms with Crippen LogP contribution in [-0.2, 0) is 25.4 Å². The Bertz CT molecular complexity index is 671. The van der Waals surface area contributed by atoms with Crippen LogP contribution in [0, 0.1) is 0 Å². The Balaban J connectivity index is 1.65. The number of ether oxygens (including phenoxy) is 3. The van der Waals surface area contributed by atoms with Crippen molar-refractivity contribution in [2.75, 3.05) is 6.61 Å². The smallest absolute Gasteiger partial charge is 0.308 e. The van der Waals surface area contributed by atoms with Gasteiger partial charge in [0.25, 0.3) is 0 Å². The molecule has 1 aliphatic rings. The van der Waals surface area contributed by atoms with Gasteiger partial charge in [0.15, 0.2) is 6.29 Å². The molecule has 0 bridgehead atoms. The van der Waals surface area contributed by atoms with Gasteiger partial charge in [-0.05, 0) is 25.3 Å². The normalized spacial score (nSPS) is 22.7. The van der Waals surface area contributed by atoms with Gasteiger partial charge < -0.3 is 14.2 Å². The zero-order chi connectivity index (χ0) is 18.2. The van der Waals surface area contributed by atoms with Crippen LogP contribution in [0.5, 0.6) is 0 Å². The van der Waals surface area contributed by atoms with Crippen molar-refractivity contribution >= 4 is 5.97 Å². The molecule has 0 aliphatic carbocycles. The first-order valence-corrected chi connectivity index (χ1v) is 9.30. The lowest BCUT2D eigenvalue weighted by molar-refractivity contribution is -0.250. The first-order valence-electron chi connectivity index (χ1n) is 9.30. The average Bonchev–Trinajstić information content (AvgIpc) is 2.68. The molecule has 3 atom stereocenters. The SMILES string of the molecule is CCOC(=O)C[C@H]1C[C@@H](CCc2ccccc2)OC(c2ccccc2)O1. The molecular formula is C22H26O4. The third-order valence-electron chi connectivity index (χ3n) is 4.53. The molecule has 138 valence electrons. The van der Waals surface area contributed by atoms with E-state index in [0.717, 1.165) is 18.4 Å². The number of benzene rings is 2. The third kappa shape index (κ3) is 5.41. The van der Waals surface area contributed by atoms with E-state index in [4.69, 9.17) is 14.2 Å². The summed E-state index contributed by atoms with van der Waals surface area (Å²) in [5, 5.41) is 0. The summed E-state index contributed by atoms with van der Waals surface area (Å²) in [6, 6.07) is 20.3.